The van der Waals surface area contributed by atoms with Crippen molar-refractivity contribution >= 4 is 29.1 Å². The molecule has 0 aromatic heterocycles. The number of rotatable bonds is 6. The monoisotopic (exact) mass is 477 g/mol. The van der Waals surface area contributed by atoms with E-state index >= 15 is 0 Å². The standard InChI is InChI=1S/C27H28ClN3O3/c1-19-8-13-24(34-2)23(18-19)29-26(32)25(20-6-4-3-5-7-20)30-14-16-31(17-15-30)27(33)21-9-11-22(28)12-10-21/h3-13,18,25H,14-17H2,1-2H3,(H,29,32). The Labute approximate surface area is 205 Å². The molecular weight excluding hydrogens is 450 g/mol. The van der Waals surface area contributed by atoms with E-state index in [1.54, 1.807) is 31.4 Å². The fourth-order valence-electron chi connectivity index (χ4n) is 4.24. The Hall–Kier alpha value is -3.35. The lowest BCUT2D eigenvalue weighted by molar-refractivity contribution is -0.122. The number of hydrogen-bond acceptors (Lipinski definition) is 4. The molecule has 1 unspecified atom stereocenters. The largest absolute Gasteiger partial charge is 0.495 e. The maximum atomic E-state index is 13.6. The number of aryl methyl sites for hydroxylation is 1. The Morgan fingerprint density at radius 2 is 1.62 bits per heavy atom. The molecule has 1 atom stereocenters. The highest BCUT2D eigenvalue weighted by molar-refractivity contribution is 6.30. The highest BCUT2D eigenvalue weighted by atomic mass is 35.5. The van der Waals surface area contributed by atoms with Crippen LogP contribution >= 0.6 is 11.6 Å². The van der Waals surface area contributed by atoms with E-state index in [4.69, 9.17) is 16.3 Å². The summed E-state index contributed by atoms with van der Waals surface area (Å²) in [6.07, 6.45) is 0. The molecule has 1 aliphatic heterocycles. The molecule has 3 aromatic rings. The van der Waals surface area contributed by atoms with E-state index in [1.807, 2.05) is 60.4 Å². The van der Waals surface area contributed by atoms with Gasteiger partial charge in [-0.25, -0.2) is 0 Å². The summed E-state index contributed by atoms with van der Waals surface area (Å²) in [5.41, 5.74) is 3.19. The van der Waals surface area contributed by atoms with Crippen LogP contribution in [0.2, 0.25) is 5.02 Å². The van der Waals surface area contributed by atoms with Crippen LogP contribution in [-0.2, 0) is 4.79 Å². The van der Waals surface area contributed by atoms with Gasteiger partial charge >= 0.3 is 0 Å². The van der Waals surface area contributed by atoms with Crippen molar-refractivity contribution in [3.8, 4) is 5.75 Å². The highest BCUT2D eigenvalue weighted by Crippen LogP contribution is 2.29. The summed E-state index contributed by atoms with van der Waals surface area (Å²) in [5, 5.41) is 3.66. The van der Waals surface area contributed by atoms with E-state index in [0.29, 0.717) is 48.2 Å². The SMILES string of the molecule is COc1ccc(C)cc1NC(=O)C(c1ccccc1)N1CCN(C(=O)c2ccc(Cl)cc2)CC1. The number of piperazine rings is 1. The molecule has 6 nitrogen and oxygen atoms in total. The molecule has 0 radical (unpaired) electrons. The second kappa shape index (κ2) is 10.7. The van der Waals surface area contributed by atoms with Crippen LogP contribution in [0.5, 0.6) is 5.75 Å². The van der Waals surface area contributed by atoms with Gasteiger partial charge in [-0.1, -0.05) is 48.0 Å². The van der Waals surface area contributed by atoms with E-state index in [1.165, 1.54) is 0 Å². The lowest BCUT2D eigenvalue weighted by Crippen LogP contribution is -2.51. The highest BCUT2D eigenvalue weighted by Gasteiger charge is 2.32. The number of carbonyl (C=O) groups is 2. The van der Waals surface area contributed by atoms with Crippen LogP contribution in [0.4, 0.5) is 5.69 Å². The zero-order valence-electron chi connectivity index (χ0n) is 19.3. The molecule has 0 spiro atoms. The first-order valence-electron chi connectivity index (χ1n) is 11.3. The molecule has 34 heavy (non-hydrogen) atoms. The smallest absolute Gasteiger partial charge is 0.253 e. The van der Waals surface area contributed by atoms with Gasteiger partial charge in [-0.15, -0.1) is 0 Å². The predicted octanol–water partition coefficient (Wildman–Crippen LogP) is 4.79. The fourth-order valence-corrected chi connectivity index (χ4v) is 4.37. The summed E-state index contributed by atoms with van der Waals surface area (Å²) in [6.45, 7) is 4.20. The summed E-state index contributed by atoms with van der Waals surface area (Å²) >= 11 is 5.95. The number of halogens is 1. The molecular formula is C27H28ClN3O3. The van der Waals surface area contributed by atoms with Gasteiger partial charge in [0.2, 0.25) is 5.91 Å². The van der Waals surface area contributed by atoms with E-state index in [-0.39, 0.29) is 11.8 Å². The van der Waals surface area contributed by atoms with Crippen LogP contribution in [0, 0.1) is 6.92 Å². The minimum Gasteiger partial charge on any atom is -0.495 e. The van der Waals surface area contributed by atoms with E-state index < -0.39 is 6.04 Å². The van der Waals surface area contributed by atoms with Crippen molar-refractivity contribution in [3.63, 3.8) is 0 Å². The fraction of sp³-hybridized carbons (Fsp3) is 0.259. The molecule has 1 fully saturated rings. The molecule has 1 N–H and O–H groups in total. The Kier molecular flexibility index (Phi) is 7.50. The summed E-state index contributed by atoms with van der Waals surface area (Å²) in [5.74, 6) is 0.457. The molecule has 0 saturated carbocycles. The quantitative estimate of drug-likeness (QED) is 0.554. The Balaban J connectivity index is 1.51. The van der Waals surface area contributed by atoms with E-state index in [9.17, 15) is 9.59 Å². The molecule has 1 saturated heterocycles. The van der Waals surface area contributed by atoms with Crippen molar-refractivity contribution in [3.05, 3.63) is 94.5 Å². The van der Waals surface area contributed by atoms with Crippen molar-refractivity contribution in [1.82, 2.24) is 9.80 Å². The minimum atomic E-state index is -0.487. The first kappa shape index (κ1) is 23.8. The van der Waals surface area contributed by atoms with Crippen LogP contribution < -0.4 is 10.1 Å². The number of hydrogen-bond donors (Lipinski definition) is 1. The van der Waals surface area contributed by atoms with Gasteiger partial charge in [-0.2, -0.15) is 0 Å². The summed E-state index contributed by atoms with van der Waals surface area (Å²) in [4.78, 5) is 30.4. The minimum absolute atomic E-state index is 0.0264. The third-order valence-electron chi connectivity index (χ3n) is 6.03. The molecule has 0 bridgehead atoms. The Bertz CT molecular complexity index is 1140. The maximum Gasteiger partial charge on any atom is 0.253 e. The van der Waals surface area contributed by atoms with E-state index in [2.05, 4.69) is 10.2 Å². The topological polar surface area (TPSA) is 61.9 Å². The van der Waals surface area contributed by atoms with Crippen molar-refractivity contribution in [2.75, 3.05) is 38.6 Å². The first-order chi connectivity index (χ1) is 16.5. The van der Waals surface area contributed by atoms with Gasteiger partial charge < -0.3 is 15.0 Å². The van der Waals surface area contributed by atoms with Crippen LogP contribution in [0.1, 0.15) is 27.5 Å². The van der Waals surface area contributed by atoms with Crippen molar-refractivity contribution < 1.29 is 14.3 Å². The molecule has 1 heterocycles. The number of methoxy groups -OCH3 is 1. The number of benzene rings is 3. The van der Waals surface area contributed by atoms with Crippen LogP contribution in [-0.4, -0.2) is 54.9 Å². The van der Waals surface area contributed by atoms with Gasteiger partial charge in [-0.3, -0.25) is 14.5 Å². The normalized spacial score (nSPS) is 15.0. The number of nitrogens with one attached hydrogen (secondary N) is 1. The van der Waals surface area contributed by atoms with Gasteiger partial charge in [0.05, 0.1) is 12.8 Å². The Morgan fingerprint density at radius 1 is 0.941 bits per heavy atom. The molecule has 7 heteroatoms. The molecule has 1 aliphatic rings. The second-order valence-corrected chi connectivity index (χ2v) is 8.78. The predicted molar refractivity (Wildman–Crippen MR) is 134 cm³/mol. The van der Waals surface area contributed by atoms with Gasteiger partial charge in [0.1, 0.15) is 11.8 Å². The lowest BCUT2D eigenvalue weighted by Gasteiger charge is -2.39. The van der Waals surface area contributed by atoms with Gasteiger partial charge in [0, 0.05) is 36.8 Å². The summed E-state index contributed by atoms with van der Waals surface area (Å²) in [7, 11) is 1.59. The van der Waals surface area contributed by atoms with Gasteiger partial charge in [-0.05, 0) is 54.4 Å². The summed E-state index contributed by atoms with van der Waals surface area (Å²) in [6, 6.07) is 21.9. The third kappa shape index (κ3) is 5.41. The van der Waals surface area contributed by atoms with Crippen LogP contribution in [0.25, 0.3) is 0 Å². The average molecular weight is 478 g/mol. The van der Waals surface area contributed by atoms with Crippen molar-refractivity contribution in [2.24, 2.45) is 0 Å². The number of anilines is 1. The summed E-state index contributed by atoms with van der Waals surface area (Å²) < 4.78 is 5.44. The average Bonchev–Trinajstić information content (AvgIpc) is 2.85. The molecule has 4 rings (SSSR count). The number of amides is 2. The van der Waals surface area contributed by atoms with Crippen LogP contribution in [0.3, 0.4) is 0 Å². The Morgan fingerprint density at radius 3 is 2.26 bits per heavy atom. The molecule has 2 amide bonds. The van der Waals surface area contributed by atoms with Gasteiger partial charge in [0.15, 0.2) is 0 Å². The van der Waals surface area contributed by atoms with Gasteiger partial charge in [0.25, 0.3) is 5.91 Å². The zero-order valence-corrected chi connectivity index (χ0v) is 20.1. The molecule has 0 aliphatic carbocycles. The number of ether oxygens (including phenoxy) is 1. The second-order valence-electron chi connectivity index (χ2n) is 8.34. The lowest BCUT2D eigenvalue weighted by atomic mass is 10.0. The zero-order chi connectivity index (χ0) is 24.1. The van der Waals surface area contributed by atoms with Crippen molar-refractivity contribution in [2.45, 2.75) is 13.0 Å². The number of nitrogens with zero attached hydrogens (tertiary/aromatic N) is 2. The molecule has 176 valence electrons. The first-order valence-corrected chi connectivity index (χ1v) is 11.6. The maximum absolute atomic E-state index is 13.6. The third-order valence-corrected chi connectivity index (χ3v) is 6.29. The van der Waals surface area contributed by atoms with Crippen molar-refractivity contribution in [1.29, 1.82) is 0 Å². The van der Waals surface area contributed by atoms with Crippen LogP contribution in [0.15, 0.2) is 72.8 Å². The molecule has 3 aromatic carbocycles. The van der Waals surface area contributed by atoms with E-state index in [0.717, 1.165) is 11.1 Å². The number of carbonyl (C=O) groups excluding carboxylic acids is 2.